The summed E-state index contributed by atoms with van der Waals surface area (Å²) in [7, 11) is -3.21. The van der Waals surface area contributed by atoms with Crippen LogP contribution in [0.2, 0.25) is 5.02 Å². The highest BCUT2D eigenvalue weighted by atomic mass is 35.5. The van der Waals surface area contributed by atoms with Crippen molar-refractivity contribution in [1.29, 1.82) is 0 Å². The van der Waals surface area contributed by atoms with E-state index in [2.05, 4.69) is 5.32 Å². The summed E-state index contributed by atoms with van der Waals surface area (Å²) in [6.45, 7) is 0.324. The Morgan fingerprint density at radius 3 is 2.55 bits per heavy atom. The molecule has 2 heterocycles. The molecular formula is C21H24ClF2N3O5S. The normalized spacial score (nSPS) is 16.6. The van der Waals surface area contributed by atoms with Gasteiger partial charge in [0.2, 0.25) is 0 Å². The van der Waals surface area contributed by atoms with Gasteiger partial charge < -0.3 is 15.0 Å². The van der Waals surface area contributed by atoms with Crippen LogP contribution in [0.5, 0.6) is 0 Å². The molecule has 1 amide bonds. The molecular weight excluding hydrogens is 480 g/mol. The standard InChI is InChI=1S/C21H24ClF2N3O5S/c1-33(31,32)10-2-7-26-8-9-27-17(21(26)30)15(18(23)24)11-16(20(27)29)19(28)25-12-13-3-5-14(22)6-4-13/h3-6,11,18,21,30H,2,7-10,12H2,1H3,(H,25,28). The smallest absolute Gasteiger partial charge is 0.265 e. The van der Waals surface area contributed by atoms with Gasteiger partial charge in [0.25, 0.3) is 17.9 Å². The first-order valence-electron chi connectivity index (χ1n) is 10.2. The molecule has 0 saturated heterocycles. The lowest BCUT2D eigenvalue weighted by Crippen LogP contribution is -2.46. The number of pyridine rings is 1. The highest BCUT2D eigenvalue weighted by Crippen LogP contribution is 2.31. The molecule has 180 valence electrons. The maximum absolute atomic E-state index is 13.9. The minimum absolute atomic E-state index is 0.0257. The molecule has 8 nitrogen and oxygen atoms in total. The number of aromatic nitrogens is 1. The summed E-state index contributed by atoms with van der Waals surface area (Å²) < 4.78 is 51.4. The average Bonchev–Trinajstić information content (AvgIpc) is 2.74. The first-order chi connectivity index (χ1) is 15.5. The van der Waals surface area contributed by atoms with E-state index in [4.69, 9.17) is 11.6 Å². The lowest BCUT2D eigenvalue weighted by molar-refractivity contribution is -0.0259. The van der Waals surface area contributed by atoms with Crippen LogP contribution in [0.15, 0.2) is 35.1 Å². The highest BCUT2D eigenvalue weighted by molar-refractivity contribution is 7.90. The third kappa shape index (κ3) is 6.17. The highest BCUT2D eigenvalue weighted by Gasteiger charge is 2.33. The Labute approximate surface area is 194 Å². The second-order valence-corrected chi connectivity index (χ2v) is 10.6. The first-order valence-corrected chi connectivity index (χ1v) is 12.6. The van der Waals surface area contributed by atoms with Crippen molar-refractivity contribution in [1.82, 2.24) is 14.8 Å². The van der Waals surface area contributed by atoms with Crippen LogP contribution in [-0.2, 0) is 22.9 Å². The number of nitrogens with one attached hydrogen (secondary N) is 1. The van der Waals surface area contributed by atoms with Crippen molar-refractivity contribution >= 4 is 27.3 Å². The summed E-state index contributed by atoms with van der Waals surface area (Å²) in [6, 6.07) is 7.45. The number of sulfone groups is 1. The summed E-state index contributed by atoms with van der Waals surface area (Å²) in [5, 5.41) is 13.7. The number of aliphatic hydroxyl groups is 1. The van der Waals surface area contributed by atoms with Crippen LogP contribution in [0.25, 0.3) is 0 Å². The molecule has 0 radical (unpaired) electrons. The van der Waals surface area contributed by atoms with Gasteiger partial charge >= 0.3 is 0 Å². The van der Waals surface area contributed by atoms with Crippen molar-refractivity contribution in [3.8, 4) is 0 Å². The van der Waals surface area contributed by atoms with Gasteiger partial charge in [0.15, 0.2) is 0 Å². The average molecular weight is 504 g/mol. The van der Waals surface area contributed by atoms with E-state index in [1.807, 2.05) is 0 Å². The Balaban J connectivity index is 1.85. The molecule has 2 N–H and O–H groups in total. The number of hydrogen-bond donors (Lipinski definition) is 2. The maximum Gasteiger partial charge on any atom is 0.265 e. The Kier molecular flexibility index (Phi) is 7.88. The number of alkyl halides is 2. The van der Waals surface area contributed by atoms with Crippen LogP contribution in [0, 0.1) is 0 Å². The lowest BCUT2D eigenvalue weighted by Gasteiger charge is -2.36. The monoisotopic (exact) mass is 503 g/mol. The quantitative estimate of drug-likeness (QED) is 0.571. The molecule has 1 aromatic heterocycles. The third-order valence-electron chi connectivity index (χ3n) is 5.37. The molecule has 0 saturated carbocycles. The van der Waals surface area contributed by atoms with Gasteiger partial charge in [0, 0.05) is 43.0 Å². The summed E-state index contributed by atoms with van der Waals surface area (Å²) >= 11 is 5.82. The van der Waals surface area contributed by atoms with Crippen molar-refractivity contribution in [2.24, 2.45) is 0 Å². The van der Waals surface area contributed by atoms with Gasteiger partial charge in [0.05, 0.1) is 11.4 Å². The molecule has 1 aromatic carbocycles. The summed E-state index contributed by atoms with van der Waals surface area (Å²) in [6.07, 6.45) is -3.28. The number of fused-ring (bicyclic) bond motifs is 1. The van der Waals surface area contributed by atoms with Crippen molar-refractivity contribution < 1.29 is 27.1 Å². The lowest BCUT2D eigenvalue weighted by atomic mass is 10.1. The molecule has 12 heteroatoms. The number of hydrogen-bond acceptors (Lipinski definition) is 6. The fraction of sp³-hybridized carbons (Fsp3) is 0.429. The van der Waals surface area contributed by atoms with E-state index in [-0.39, 0.29) is 44.0 Å². The zero-order valence-electron chi connectivity index (χ0n) is 17.8. The summed E-state index contributed by atoms with van der Waals surface area (Å²) in [4.78, 5) is 27.0. The summed E-state index contributed by atoms with van der Waals surface area (Å²) in [5.41, 5.74) is -1.42. The van der Waals surface area contributed by atoms with E-state index >= 15 is 0 Å². The topological polar surface area (TPSA) is 109 Å². The Bertz CT molecular complexity index is 1190. The molecule has 1 aliphatic heterocycles. The van der Waals surface area contributed by atoms with Crippen LogP contribution in [0.3, 0.4) is 0 Å². The predicted molar refractivity (Wildman–Crippen MR) is 119 cm³/mol. The molecule has 0 bridgehead atoms. The Hall–Kier alpha value is -2.34. The zero-order chi connectivity index (χ0) is 24.3. The van der Waals surface area contributed by atoms with E-state index < -0.39 is 45.1 Å². The van der Waals surface area contributed by atoms with Crippen LogP contribution >= 0.6 is 11.6 Å². The van der Waals surface area contributed by atoms with Crippen LogP contribution in [0.4, 0.5) is 8.78 Å². The van der Waals surface area contributed by atoms with Gasteiger partial charge in [-0.3, -0.25) is 14.5 Å². The predicted octanol–water partition coefficient (Wildman–Crippen LogP) is 2.11. The SMILES string of the molecule is CS(=O)(=O)CCCN1CCn2c(c(C(F)F)cc(C(=O)NCc3ccc(Cl)cc3)c2=O)C1O. The van der Waals surface area contributed by atoms with Crippen LogP contribution in [0.1, 0.15) is 46.3 Å². The minimum Gasteiger partial charge on any atom is -0.372 e. The number of halogens is 3. The molecule has 0 fully saturated rings. The molecule has 1 aliphatic rings. The van der Waals surface area contributed by atoms with Gasteiger partial charge in [-0.2, -0.15) is 0 Å². The van der Waals surface area contributed by atoms with Gasteiger partial charge in [-0.05, 0) is 30.2 Å². The maximum atomic E-state index is 13.9. The first kappa shape index (κ1) is 25.3. The second-order valence-electron chi connectivity index (χ2n) is 7.86. The molecule has 0 aliphatic carbocycles. The molecule has 1 unspecified atom stereocenters. The van der Waals surface area contributed by atoms with Gasteiger partial charge in [-0.15, -0.1) is 0 Å². The number of carbonyl (C=O) groups is 1. The minimum atomic E-state index is -3.21. The van der Waals surface area contributed by atoms with E-state index in [0.29, 0.717) is 10.6 Å². The number of amides is 1. The van der Waals surface area contributed by atoms with E-state index in [1.165, 1.54) is 4.90 Å². The fourth-order valence-electron chi connectivity index (χ4n) is 3.72. The van der Waals surface area contributed by atoms with Crippen LogP contribution in [-0.4, -0.2) is 54.0 Å². The van der Waals surface area contributed by atoms with Gasteiger partial charge in [-0.25, -0.2) is 17.2 Å². The van der Waals surface area contributed by atoms with E-state index in [0.717, 1.165) is 16.9 Å². The number of rotatable bonds is 8. The van der Waals surface area contributed by atoms with Crippen LogP contribution < -0.4 is 10.9 Å². The number of aliphatic hydroxyl groups excluding tert-OH is 1. The fourth-order valence-corrected chi connectivity index (χ4v) is 4.50. The zero-order valence-corrected chi connectivity index (χ0v) is 19.4. The Morgan fingerprint density at radius 1 is 1.27 bits per heavy atom. The Morgan fingerprint density at radius 2 is 1.94 bits per heavy atom. The molecule has 33 heavy (non-hydrogen) atoms. The molecule has 3 rings (SSSR count). The third-order valence-corrected chi connectivity index (χ3v) is 6.65. The number of benzene rings is 1. The van der Waals surface area contributed by atoms with Gasteiger partial charge in [-0.1, -0.05) is 23.7 Å². The number of nitrogens with zero attached hydrogens (tertiary/aromatic N) is 2. The van der Waals surface area contributed by atoms with E-state index in [9.17, 15) is 31.9 Å². The van der Waals surface area contributed by atoms with Crippen molar-refractivity contribution in [3.63, 3.8) is 0 Å². The molecule has 0 spiro atoms. The summed E-state index contributed by atoms with van der Waals surface area (Å²) in [5.74, 6) is -0.922. The van der Waals surface area contributed by atoms with Crippen molar-refractivity contribution in [2.45, 2.75) is 32.2 Å². The molecule has 2 aromatic rings. The van der Waals surface area contributed by atoms with Crippen molar-refractivity contribution in [3.05, 3.63) is 68.1 Å². The second kappa shape index (κ2) is 10.3. The molecule has 1 atom stereocenters. The van der Waals surface area contributed by atoms with Gasteiger partial charge in [0.1, 0.15) is 21.6 Å². The largest absolute Gasteiger partial charge is 0.372 e. The number of carbonyl (C=O) groups excluding carboxylic acids is 1. The van der Waals surface area contributed by atoms with Crippen molar-refractivity contribution in [2.75, 3.05) is 25.1 Å². The van der Waals surface area contributed by atoms with E-state index in [1.54, 1.807) is 24.3 Å².